The van der Waals surface area contributed by atoms with E-state index in [-0.39, 0.29) is 11.6 Å². The number of esters is 1. The number of ether oxygens (including phenoxy) is 2. The Hall–Kier alpha value is -3.33. The van der Waals surface area contributed by atoms with Crippen molar-refractivity contribution in [2.75, 3.05) is 7.11 Å². The molecule has 6 nitrogen and oxygen atoms in total. The van der Waals surface area contributed by atoms with Crippen molar-refractivity contribution in [2.24, 2.45) is 12.0 Å². The summed E-state index contributed by atoms with van der Waals surface area (Å²) >= 11 is 0. The van der Waals surface area contributed by atoms with Gasteiger partial charge in [-0.15, -0.1) is 0 Å². The highest BCUT2D eigenvalue weighted by Crippen LogP contribution is 2.23. The fraction of sp³-hybridized carbons (Fsp3) is 0.167. The van der Waals surface area contributed by atoms with Crippen LogP contribution in [0.4, 0.5) is 0 Å². The summed E-state index contributed by atoms with van der Waals surface area (Å²) in [6.07, 6.45) is 1.63. The van der Waals surface area contributed by atoms with Crippen LogP contribution in [-0.4, -0.2) is 23.5 Å². The van der Waals surface area contributed by atoms with Crippen molar-refractivity contribution in [2.45, 2.75) is 6.92 Å². The molecule has 0 bridgehead atoms. The second-order valence-electron chi connectivity index (χ2n) is 5.31. The first-order valence-corrected chi connectivity index (χ1v) is 7.27. The SMILES string of the molecule is COc1cccc(C2=NC(=Cc3cc(C#N)n(C)c3C)C(=O)O2)c1. The van der Waals surface area contributed by atoms with Crippen LogP contribution in [0.1, 0.15) is 22.5 Å². The number of cyclic esters (lactones) is 1. The quantitative estimate of drug-likeness (QED) is 0.643. The average Bonchev–Trinajstić information content (AvgIpc) is 3.10. The van der Waals surface area contributed by atoms with Gasteiger partial charge in [-0.1, -0.05) is 6.07 Å². The Balaban J connectivity index is 1.99. The Kier molecular flexibility index (Phi) is 3.92. The minimum Gasteiger partial charge on any atom is -0.497 e. The van der Waals surface area contributed by atoms with Gasteiger partial charge in [0, 0.05) is 18.3 Å². The molecule has 3 rings (SSSR count). The number of methoxy groups -OCH3 is 1. The lowest BCUT2D eigenvalue weighted by molar-refractivity contribution is -0.129. The number of aromatic nitrogens is 1. The lowest BCUT2D eigenvalue weighted by Crippen LogP contribution is -2.05. The van der Waals surface area contributed by atoms with Crippen molar-refractivity contribution in [3.05, 3.63) is 58.5 Å². The fourth-order valence-corrected chi connectivity index (χ4v) is 2.41. The van der Waals surface area contributed by atoms with Crippen molar-refractivity contribution in [1.29, 1.82) is 5.26 Å². The summed E-state index contributed by atoms with van der Waals surface area (Å²) in [5.74, 6) is 0.370. The number of carbonyl (C=O) groups excluding carboxylic acids is 1. The number of nitrogens with zero attached hydrogens (tertiary/aromatic N) is 3. The topological polar surface area (TPSA) is 76.6 Å². The lowest BCUT2D eigenvalue weighted by Gasteiger charge is -2.02. The van der Waals surface area contributed by atoms with Gasteiger partial charge in [0.1, 0.15) is 17.5 Å². The molecule has 0 atom stereocenters. The molecule has 6 heteroatoms. The number of benzene rings is 1. The summed E-state index contributed by atoms with van der Waals surface area (Å²) in [6.45, 7) is 1.88. The number of nitriles is 1. The van der Waals surface area contributed by atoms with Crippen molar-refractivity contribution < 1.29 is 14.3 Å². The van der Waals surface area contributed by atoms with Gasteiger partial charge in [0.05, 0.1) is 7.11 Å². The van der Waals surface area contributed by atoms with E-state index in [9.17, 15) is 4.79 Å². The summed E-state index contributed by atoms with van der Waals surface area (Å²) in [7, 11) is 3.37. The van der Waals surface area contributed by atoms with Gasteiger partial charge in [-0.05, 0) is 42.8 Å². The molecule has 120 valence electrons. The molecule has 0 spiro atoms. The van der Waals surface area contributed by atoms with E-state index < -0.39 is 5.97 Å². The molecule has 0 N–H and O–H groups in total. The summed E-state index contributed by atoms with van der Waals surface area (Å²) < 4.78 is 12.2. The van der Waals surface area contributed by atoms with Crippen LogP contribution in [0.15, 0.2) is 41.0 Å². The zero-order chi connectivity index (χ0) is 17.3. The molecular formula is C18H15N3O3. The zero-order valence-electron chi connectivity index (χ0n) is 13.5. The van der Waals surface area contributed by atoms with Gasteiger partial charge in [-0.2, -0.15) is 5.26 Å². The summed E-state index contributed by atoms with van der Waals surface area (Å²) in [5, 5.41) is 9.09. The molecule has 0 fully saturated rings. The number of aliphatic imine (C=N–C) groups is 1. The summed E-state index contributed by atoms with van der Waals surface area (Å²) in [5.41, 5.74) is 3.01. The van der Waals surface area contributed by atoms with Gasteiger partial charge < -0.3 is 14.0 Å². The van der Waals surface area contributed by atoms with Gasteiger partial charge in [0.2, 0.25) is 5.90 Å². The van der Waals surface area contributed by atoms with Gasteiger partial charge >= 0.3 is 5.97 Å². The third-order valence-electron chi connectivity index (χ3n) is 3.92. The number of hydrogen-bond acceptors (Lipinski definition) is 5. The van der Waals surface area contributed by atoms with Crippen LogP contribution in [0, 0.1) is 18.3 Å². The maximum atomic E-state index is 12.1. The number of carbonyl (C=O) groups is 1. The first-order valence-electron chi connectivity index (χ1n) is 7.27. The highest BCUT2D eigenvalue weighted by molar-refractivity contribution is 6.13. The molecule has 2 heterocycles. The normalized spacial score (nSPS) is 15.2. The Morgan fingerprint density at radius 3 is 2.83 bits per heavy atom. The second kappa shape index (κ2) is 6.05. The van der Waals surface area contributed by atoms with Gasteiger partial charge in [0.15, 0.2) is 5.70 Å². The molecule has 0 saturated carbocycles. The monoisotopic (exact) mass is 321 g/mol. The van der Waals surface area contributed by atoms with Crippen molar-refractivity contribution >= 4 is 17.9 Å². The standard InChI is InChI=1S/C18H15N3O3/c1-11-13(7-14(10-19)21(11)2)9-16-18(22)24-17(20-16)12-5-4-6-15(8-12)23-3/h4-9H,1-3H3. The smallest absolute Gasteiger partial charge is 0.363 e. The third kappa shape index (κ3) is 2.68. The molecule has 1 aliphatic rings. The Bertz CT molecular complexity index is 929. The Morgan fingerprint density at radius 2 is 2.17 bits per heavy atom. The second-order valence-corrected chi connectivity index (χ2v) is 5.31. The highest BCUT2D eigenvalue weighted by Gasteiger charge is 2.25. The molecule has 0 radical (unpaired) electrons. The fourth-order valence-electron chi connectivity index (χ4n) is 2.41. The number of rotatable bonds is 3. The molecular weight excluding hydrogens is 306 g/mol. The van der Waals surface area contributed by atoms with Gasteiger partial charge in [-0.25, -0.2) is 9.79 Å². The maximum absolute atomic E-state index is 12.1. The molecule has 0 saturated heterocycles. The minimum atomic E-state index is -0.519. The molecule has 24 heavy (non-hydrogen) atoms. The first kappa shape index (κ1) is 15.6. The molecule has 0 unspecified atom stereocenters. The van der Waals surface area contributed by atoms with Crippen LogP contribution in [0.2, 0.25) is 0 Å². The predicted molar refractivity (Wildman–Crippen MR) is 88.5 cm³/mol. The molecule has 1 aromatic heterocycles. The largest absolute Gasteiger partial charge is 0.497 e. The minimum absolute atomic E-state index is 0.200. The molecule has 0 amide bonds. The van der Waals surface area contributed by atoms with E-state index in [1.54, 1.807) is 55.1 Å². The summed E-state index contributed by atoms with van der Waals surface area (Å²) in [6, 6.07) is 11.0. The Morgan fingerprint density at radius 1 is 1.38 bits per heavy atom. The van der Waals surface area contributed by atoms with E-state index >= 15 is 0 Å². The molecule has 0 aliphatic carbocycles. The van der Waals surface area contributed by atoms with E-state index in [4.69, 9.17) is 14.7 Å². The van der Waals surface area contributed by atoms with Crippen LogP contribution < -0.4 is 4.74 Å². The molecule has 1 aromatic carbocycles. The van der Waals surface area contributed by atoms with Crippen LogP contribution in [-0.2, 0) is 16.6 Å². The zero-order valence-corrected chi connectivity index (χ0v) is 13.5. The molecule has 1 aliphatic heterocycles. The third-order valence-corrected chi connectivity index (χ3v) is 3.92. The number of hydrogen-bond donors (Lipinski definition) is 0. The first-order chi connectivity index (χ1) is 11.5. The van der Waals surface area contributed by atoms with E-state index in [1.165, 1.54) is 0 Å². The van der Waals surface area contributed by atoms with Gasteiger partial charge in [-0.3, -0.25) is 0 Å². The van der Waals surface area contributed by atoms with Crippen molar-refractivity contribution in [3.63, 3.8) is 0 Å². The van der Waals surface area contributed by atoms with E-state index in [1.807, 2.05) is 6.92 Å². The molecule has 2 aromatic rings. The van der Waals surface area contributed by atoms with E-state index in [0.29, 0.717) is 17.0 Å². The van der Waals surface area contributed by atoms with Crippen LogP contribution in [0.25, 0.3) is 6.08 Å². The average molecular weight is 321 g/mol. The Labute approximate surface area is 139 Å². The maximum Gasteiger partial charge on any atom is 0.363 e. The van der Waals surface area contributed by atoms with Crippen LogP contribution in [0.5, 0.6) is 5.75 Å². The highest BCUT2D eigenvalue weighted by atomic mass is 16.6. The van der Waals surface area contributed by atoms with E-state index in [2.05, 4.69) is 11.1 Å². The van der Waals surface area contributed by atoms with Crippen molar-refractivity contribution in [3.8, 4) is 11.8 Å². The summed E-state index contributed by atoms with van der Waals surface area (Å²) in [4.78, 5) is 16.4. The predicted octanol–water partition coefficient (Wildman–Crippen LogP) is 2.56. The van der Waals surface area contributed by atoms with Crippen molar-refractivity contribution in [1.82, 2.24) is 4.57 Å². The van der Waals surface area contributed by atoms with Gasteiger partial charge in [0.25, 0.3) is 0 Å². The van der Waals surface area contributed by atoms with Crippen LogP contribution >= 0.6 is 0 Å². The lowest BCUT2D eigenvalue weighted by atomic mass is 10.2. The van der Waals surface area contributed by atoms with Crippen LogP contribution in [0.3, 0.4) is 0 Å². The van der Waals surface area contributed by atoms with E-state index in [0.717, 1.165) is 11.3 Å².